The highest BCUT2D eigenvalue weighted by Crippen LogP contribution is 2.35. The minimum atomic E-state index is -0.271. The van der Waals surface area contributed by atoms with E-state index >= 15 is 0 Å². The number of ether oxygens (including phenoxy) is 1. The van der Waals surface area contributed by atoms with Crippen LogP contribution in [-0.2, 0) is 17.9 Å². The van der Waals surface area contributed by atoms with Crippen LogP contribution in [0.1, 0.15) is 29.7 Å². The SMILES string of the molecule is COc1ccc([C@@H]2CN(Cc3ccco3)C[C@H]2CN(Cc2ccc(F)cc2)C(C)=O)cc1. The first kappa shape index (κ1) is 22.1. The van der Waals surface area contributed by atoms with Gasteiger partial charge in [-0.1, -0.05) is 24.3 Å². The summed E-state index contributed by atoms with van der Waals surface area (Å²) in [6, 6.07) is 18.5. The van der Waals surface area contributed by atoms with Crippen molar-refractivity contribution in [3.63, 3.8) is 0 Å². The molecule has 32 heavy (non-hydrogen) atoms. The minimum Gasteiger partial charge on any atom is -0.497 e. The maximum atomic E-state index is 13.3. The fourth-order valence-electron chi connectivity index (χ4n) is 4.52. The van der Waals surface area contributed by atoms with E-state index in [-0.39, 0.29) is 23.6 Å². The zero-order chi connectivity index (χ0) is 22.5. The molecule has 0 spiro atoms. The maximum Gasteiger partial charge on any atom is 0.219 e. The molecule has 1 fully saturated rings. The largest absolute Gasteiger partial charge is 0.497 e. The number of furan rings is 1. The van der Waals surface area contributed by atoms with Crippen LogP contribution in [0.15, 0.2) is 71.3 Å². The molecule has 0 bridgehead atoms. The summed E-state index contributed by atoms with van der Waals surface area (Å²) in [6.45, 7) is 5.21. The molecule has 2 atom stereocenters. The fourth-order valence-corrected chi connectivity index (χ4v) is 4.52. The summed E-state index contributed by atoms with van der Waals surface area (Å²) >= 11 is 0. The van der Waals surface area contributed by atoms with Crippen molar-refractivity contribution in [2.45, 2.75) is 25.9 Å². The summed E-state index contributed by atoms with van der Waals surface area (Å²) in [5.74, 6) is 2.07. The normalized spacial score (nSPS) is 18.6. The van der Waals surface area contributed by atoms with Crippen LogP contribution >= 0.6 is 0 Å². The van der Waals surface area contributed by atoms with Gasteiger partial charge in [-0.05, 0) is 53.4 Å². The van der Waals surface area contributed by atoms with Crippen LogP contribution in [-0.4, -0.2) is 42.5 Å². The van der Waals surface area contributed by atoms with E-state index in [1.807, 2.05) is 29.2 Å². The molecule has 1 saturated heterocycles. The summed E-state index contributed by atoms with van der Waals surface area (Å²) in [4.78, 5) is 16.7. The van der Waals surface area contributed by atoms with Gasteiger partial charge >= 0.3 is 0 Å². The summed E-state index contributed by atoms with van der Waals surface area (Å²) in [7, 11) is 1.67. The standard InChI is InChI=1S/C26H29FN2O3/c1-19(30)29(14-20-5-9-23(27)10-6-20)16-22-15-28(17-25-4-3-13-32-25)18-26(22)21-7-11-24(31-2)12-8-21/h3-13,22,26H,14-18H2,1-2H3/t22-,26-/m0/s1. The Labute approximate surface area is 188 Å². The van der Waals surface area contributed by atoms with Crippen molar-refractivity contribution in [2.75, 3.05) is 26.7 Å². The molecule has 1 aromatic heterocycles. The zero-order valence-electron chi connectivity index (χ0n) is 18.5. The van der Waals surface area contributed by atoms with Crippen molar-refractivity contribution in [2.24, 2.45) is 5.92 Å². The number of halogens is 1. The molecule has 0 unspecified atom stereocenters. The van der Waals surface area contributed by atoms with E-state index < -0.39 is 0 Å². The van der Waals surface area contributed by atoms with Gasteiger partial charge in [-0.3, -0.25) is 9.69 Å². The highest BCUT2D eigenvalue weighted by atomic mass is 19.1. The number of carbonyl (C=O) groups excluding carboxylic acids is 1. The highest BCUT2D eigenvalue weighted by Gasteiger charge is 2.35. The topological polar surface area (TPSA) is 45.9 Å². The second-order valence-corrected chi connectivity index (χ2v) is 8.44. The van der Waals surface area contributed by atoms with E-state index in [1.165, 1.54) is 17.7 Å². The smallest absolute Gasteiger partial charge is 0.219 e. The lowest BCUT2D eigenvalue weighted by atomic mass is 9.88. The van der Waals surface area contributed by atoms with E-state index in [1.54, 1.807) is 32.4 Å². The number of hydrogen-bond acceptors (Lipinski definition) is 4. The Morgan fingerprint density at radius 1 is 1.12 bits per heavy atom. The number of nitrogens with zero attached hydrogens (tertiary/aromatic N) is 2. The molecule has 168 valence electrons. The molecule has 0 aliphatic carbocycles. The minimum absolute atomic E-state index is 0.0206. The van der Waals surface area contributed by atoms with Crippen LogP contribution in [0.4, 0.5) is 4.39 Å². The first-order valence-corrected chi connectivity index (χ1v) is 10.9. The molecule has 2 aromatic carbocycles. The Balaban J connectivity index is 1.53. The lowest BCUT2D eigenvalue weighted by molar-refractivity contribution is -0.130. The van der Waals surface area contributed by atoms with Crippen molar-refractivity contribution in [3.05, 3.63) is 89.6 Å². The van der Waals surface area contributed by atoms with Crippen molar-refractivity contribution >= 4 is 5.91 Å². The van der Waals surface area contributed by atoms with E-state index in [4.69, 9.17) is 9.15 Å². The zero-order valence-corrected chi connectivity index (χ0v) is 18.5. The molecular weight excluding hydrogens is 407 g/mol. The fraction of sp³-hybridized carbons (Fsp3) is 0.346. The van der Waals surface area contributed by atoms with Gasteiger partial charge < -0.3 is 14.1 Å². The molecule has 0 saturated carbocycles. The third-order valence-electron chi connectivity index (χ3n) is 6.21. The van der Waals surface area contributed by atoms with Crippen LogP contribution in [0.2, 0.25) is 0 Å². The Hall–Kier alpha value is -3.12. The van der Waals surface area contributed by atoms with Crippen molar-refractivity contribution < 1.29 is 18.3 Å². The molecule has 1 aliphatic heterocycles. The third-order valence-corrected chi connectivity index (χ3v) is 6.21. The number of likely N-dealkylation sites (tertiary alicyclic amines) is 1. The molecule has 3 aromatic rings. The molecule has 6 heteroatoms. The Morgan fingerprint density at radius 3 is 2.50 bits per heavy atom. The molecular formula is C26H29FN2O3. The number of rotatable bonds is 8. The monoisotopic (exact) mass is 436 g/mol. The number of methoxy groups -OCH3 is 1. The predicted molar refractivity (Wildman–Crippen MR) is 121 cm³/mol. The van der Waals surface area contributed by atoms with Crippen LogP contribution < -0.4 is 4.74 Å². The Bertz CT molecular complexity index is 1000. The van der Waals surface area contributed by atoms with Gasteiger partial charge in [0.2, 0.25) is 5.91 Å². The van der Waals surface area contributed by atoms with Gasteiger partial charge in [-0.2, -0.15) is 0 Å². The van der Waals surface area contributed by atoms with Crippen molar-refractivity contribution in [3.8, 4) is 5.75 Å². The first-order valence-electron chi connectivity index (χ1n) is 10.9. The van der Waals surface area contributed by atoms with Crippen molar-refractivity contribution in [1.82, 2.24) is 9.80 Å². The molecule has 2 heterocycles. The summed E-state index contributed by atoms with van der Waals surface area (Å²) < 4.78 is 24.2. The van der Waals surface area contributed by atoms with Crippen LogP contribution in [0.3, 0.4) is 0 Å². The van der Waals surface area contributed by atoms with Gasteiger partial charge in [0.15, 0.2) is 0 Å². The number of carbonyl (C=O) groups is 1. The van der Waals surface area contributed by atoms with E-state index in [2.05, 4.69) is 17.0 Å². The maximum absolute atomic E-state index is 13.3. The molecule has 4 rings (SSSR count). The number of amides is 1. The van der Waals surface area contributed by atoms with Crippen LogP contribution in [0, 0.1) is 11.7 Å². The van der Waals surface area contributed by atoms with Gasteiger partial charge in [-0.15, -0.1) is 0 Å². The number of hydrogen-bond donors (Lipinski definition) is 0. The van der Waals surface area contributed by atoms with Crippen LogP contribution in [0.5, 0.6) is 5.75 Å². The molecule has 1 amide bonds. The average molecular weight is 437 g/mol. The summed E-state index contributed by atoms with van der Waals surface area (Å²) in [6.07, 6.45) is 1.70. The van der Waals surface area contributed by atoms with Gasteiger partial charge in [-0.25, -0.2) is 4.39 Å². The molecule has 0 radical (unpaired) electrons. The quantitative estimate of drug-likeness (QED) is 0.514. The summed E-state index contributed by atoms with van der Waals surface area (Å²) in [5.41, 5.74) is 2.16. The lowest BCUT2D eigenvalue weighted by Crippen LogP contribution is -2.35. The van der Waals surface area contributed by atoms with Gasteiger partial charge in [0.25, 0.3) is 0 Å². The Morgan fingerprint density at radius 2 is 1.88 bits per heavy atom. The first-order chi connectivity index (χ1) is 15.5. The molecule has 0 N–H and O–H groups in total. The Kier molecular flexibility index (Phi) is 6.90. The van der Waals surface area contributed by atoms with E-state index in [0.29, 0.717) is 13.1 Å². The molecule has 1 aliphatic rings. The van der Waals surface area contributed by atoms with Gasteiger partial charge in [0.1, 0.15) is 17.3 Å². The summed E-state index contributed by atoms with van der Waals surface area (Å²) in [5, 5.41) is 0. The highest BCUT2D eigenvalue weighted by molar-refractivity contribution is 5.73. The van der Waals surface area contributed by atoms with E-state index in [0.717, 1.165) is 36.7 Å². The lowest BCUT2D eigenvalue weighted by Gasteiger charge is -2.28. The number of benzene rings is 2. The van der Waals surface area contributed by atoms with Crippen molar-refractivity contribution in [1.29, 1.82) is 0 Å². The average Bonchev–Trinajstić information content (AvgIpc) is 3.45. The second-order valence-electron chi connectivity index (χ2n) is 8.44. The van der Waals surface area contributed by atoms with Gasteiger partial charge in [0.05, 0.1) is 19.9 Å². The van der Waals surface area contributed by atoms with Gasteiger partial charge in [0, 0.05) is 39.0 Å². The predicted octanol–water partition coefficient (Wildman–Crippen LogP) is 4.69. The second kappa shape index (κ2) is 10.0. The molecule has 5 nitrogen and oxygen atoms in total. The van der Waals surface area contributed by atoms with Crippen LogP contribution in [0.25, 0.3) is 0 Å². The third kappa shape index (κ3) is 5.37. The van der Waals surface area contributed by atoms with E-state index in [9.17, 15) is 9.18 Å².